The molecule has 12 heteroatoms. The van der Waals surface area contributed by atoms with Gasteiger partial charge in [0.2, 0.25) is 0 Å². The predicted molar refractivity (Wildman–Crippen MR) is 92.3 cm³/mol. The van der Waals surface area contributed by atoms with Gasteiger partial charge < -0.3 is 4.57 Å². The van der Waals surface area contributed by atoms with E-state index in [-0.39, 0.29) is 29.1 Å². The summed E-state index contributed by atoms with van der Waals surface area (Å²) in [6, 6.07) is 4.25. The zero-order chi connectivity index (χ0) is 20.6. The summed E-state index contributed by atoms with van der Waals surface area (Å²) < 4.78 is 92.7. The predicted octanol–water partition coefficient (Wildman–Crippen LogP) is 3.43. The number of nitrogens with one attached hydrogen (secondary N) is 1. The second-order valence-corrected chi connectivity index (χ2v) is 8.48. The van der Waals surface area contributed by atoms with Crippen LogP contribution in [0.1, 0.15) is 5.56 Å². The van der Waals surface area contributed by atoms with Gasteiger partial charge >= 0.3 is 12.1 Å². The minimum absolute atomic E-state index is 0.0305. The first-order valence-electron chi connectivity index (χ1n) is 7.63. The molecule has 1 aromatic carbocycles. The maximum Gasteiger partial charge on any atom is 0.453 e. The number of nitrogens with zero attached hydrogens (tertiary/aromatic N) is 2. The van der Waals surface area contributed by atoms with Crippen LogP contribution in [0.2, 0.25) is 5.02 Å². The minimum Gasteiger partial charge on any atom is -0.346 e. The van der Waals surface area contributed by atoms with Crippen LogP contribution in [-0.2, 0) is 23.2 Å². The van der Waals surface area contributed by atoms with E-state index in [1.54, 1.807) is 0 Å². The molecule has 5 nitrogen and oxygen atoms in total. The van der Waals surface area contributed by atoms with Gasteiger partial charge in [-0.3, -0.25) is 0 Å². The molecule has 0 radical (unpaired) electrons. The standard InChI is InChI=1S/C15H17ClF5N3O2S/c1-23(2)27(25,26)22-5-6-24-9-10(8-14(17,18)15(19,20)21)12-7-11(16)3-4-13(12)24/h3-4,7,9,22H,5-6,8H2,1-2H3. The minimum atomic E-state index is -5.68. The Bertz CT molecular complexity index is 925. The third-order valence-electron chi connectivity index (χ3n) is 3.87. The Kier molecular flexibility index (Phi) is 6.10. The summed E-state index contributed by atoms with van der Waals surface area (Å²) in [5.74, 6) is -4.90. The molecule has 2 rings (SSSR count). The van der Waals surface area contributed by atoms with Crippen LogP contribution < -0.4 is 4.72 Å². The molecule has 1 N–H and O–H groups in total. The molecule has 0 fully saturated rings. The van der Waals surface area contributed by atoms with Crippen LogP contribution in [0.25, 0.3) is 10.9 Å². The van der Waals surface area contributed by atoms with E-state index in [1.807, 2.05) is 0 Å². The van der Waals surface area contributed by atoms with Crippen LogP contribution in [0.3, 0.4) is 0 Å². The van der Waals surface area contributed by atoms with E-state index in [0.717, 1.165) is 10.5 Å². The highest BCUT2D eigenvalue weighted by molar-refractivity contribution is 7.87. The molecule has 0 unspecified atom stereocenters. The van der Waals surface area contributed by atoms with Gasteiger partial charge in [0, 0.05) is 55.7 Å². The van der Waals surface area contributed by atoms with Crippen molar-refractivity contribution in [2.75, 3.05) is 20.6 Å². The Balaban J connectivity index is 2.33. The molecular weight excluding hydrogens is 417 g/mol. The molecule has 0 aliphatic rings. The summed E-state index contributed by atoms with van der Waals surface area (Å²) in [6.45, 7) is -0.0508. The highest BCUT2D eigenvalue weighted by atomic mass is 35.5. The van der Waals surface area contributed by atoms with Crippen molar-refractivity contribution < 1.29 is 30.4 Å². The smallest absolute Gasteiger partial charge is 0.346 e. The van der Waals surface area contributed by atoms with Gasteiger partial charge in [-0.05, 0) is 23.8 Å². The fourth-order valence-corrected chi connectivity index (χ4v) is 3.21. The van der Waals surface area contributed by atoms with Crippen LogP contribution in [0, 0.1) is 0 Å². The zero-order valence-corrected chi connectivity index (χ0v) is 15.9. The monoisotopic (exact) mass is 433 g/mol. The fourth-order valence-electron chi connectivity index (χ4n) is 2.43. The van der Waals surface area contributed by atoms with Crippen LogP contribution in [0.15, 0.2) is 24.4 Å². The largest absolute Gasteiger partial charge is 0.453 e. The molecule has 0 aliphatic heterocycles. The van der Waals surface area contributed by atoms with Gasteiger partial charge in [0.25, 0.3) is 10.2 Å². The zero-order valence-electron chi connectivity index (χ0n) is 14.3. The lowest BCUT2D eigenvalue weighted by molar-refractivity contribution is -0.281. The molecule has 0 saturated carbocycles. The van der Waals surface area contributed by atoms with E-state index >= 15 is 0 Å². The van der Waals surface area contributed by atoms with E-state index in [0.29, 0.717) is 5.52 Å². The molecule has 152 valence electrons. The number of hydrogen-bond acceptors (Lipinski definition) is 2. The summed E-state index contributed by atoms with van der Waals surface area (Å²) in [7, 11) is -1.04. The molecule has 0 saturated heterocycles. The summed E-state index contributed by atoms with van der Waals surface area (Å²) in [5, 5.41) is 0.340. The molecule has 0 amide bonds. The summed E-state index contributed by atoms with van der Waals surface area (Å²) in [5.41, 5.74) is 0.140. The van der Waals surface area contributed by atoms with Crippen molar-refractivity contribution in [3.8, 4) is 0 Å². The Hall–Kier alpha value is -1.43. The maximum absolute atomic E-state index is 13.5. The topological polar surface area (TPSA) is 54.3 Å². The summed E-state index contributed by atoms with van der Waals surface area (Å²) >= 11 is 5.84. The number of hydrogen-bond donors (Lipinski definition) is 1. The Morgan fingerprint density at radius 2 is 1.81 bits per heavy atom. The molecular formula is C15H17ClF5N3O2S. The summed E-state index contributed by atoms with van der Waals surface area (Å²) in [4.78, 5) is 0. The van der Waals surface area contributed by atoms with Crippen molar-refractivity contribution in [3.05, 3.63) is 35.0 Å². The van der Waals surface area contributed by atoms with Crippen molar-refractivity contribution in [2.24, 2.45) is 0 Å². The molecule has 0 atom stereocenters. The lowest BCUT2D eigenvalue weighted by Crippen LogP contribution is -2.38. The molecule has 1 aromatic heterocycles. The van der Waals surface area contributed by atoms with E-state index < -0.39 is 28.7 Å². The quantitative estimate of drug-likeness (QED) is 0.680. The van der Waals surface area contributed by atoms with Gasteiger partial charge in [-0.1, -0.05) is 11.6 Å². The first-order chi connectivity index (χ1) is 12.2. The van der Waals surface area contributed by atoms with Crippen LogP contribution in [0.5, 0.6) is 0 Å². The van der Waals surface area contributed by atoms with Gasteiger partial charge in [-0.2, -0.15) is 34.7 Å². The number of alkyl halides is 5. The van der Waals surface area contributed by atoms with Gasteiger partial charge in [-0.15, -0.1) is 0 Å². The lowest BCUT2D eigenvalue weighted by Gasteiger charge is -2.19. The van der Waals surface area contributed by atoms with E-state index in [1.165, 1.54) is 36.9 Å². The van der Waals surface area contributed by atoms with E-state index in [9.17, 15) is 30.4 Å². The Morgan fingerprint density at radius 1 is 1.19 bits per heavy atom. The average molecular weight is 434 g/mol. The fraction of sp³-hybridized carbons (Fsp3) is 0.467. The second-order valence-electron chi connectivity index (χ2n) is 6.07. The van der Waals surface area contributed by atoms with Gasteiger partial charge in [0.15, 0.2) is 0 Å². The maximum atomic E-state index is 13.5. The third-order valence-corrected chi connectivity index (χ3v) is 5.64. The number of halogens is 6. The Labute approximate surface area is 157 Å². The highest BCUT2D eigenvalue weighted by Gasteiger charge is 2.57. The number of fused-ring (bicyclic) bond motifs is 1. The highest BCUT2D eigenvalue weighted by Crippen LogP contribution is 2.39. The number of benzene rings is 1. The SMILES string of the molecule is CN(C)S(=O)(=O)NCCn1cc(CC(F)(F)C(F)(F)F)c2cc(Cl)ccc21. The van der Waals surface area contributed by atoms with Gasteiger partial charge in [-0.25, -0.2) is 4.72 Å². The molecule has 27 heavy (non-hydrogen) atoms. The summed E-state index contributed by atoms with van der Waals surface area (Å²) in [6.07, 6.45) is -6.06. The molecule has 0 aliphatic carbocycles. The number of rotatable bonds is 7. The second kappa shape index (κ2) is 7.53. The average Bonchev–Trinajstić information content (AvgIpc) is 2.82. The third kappa shape index (κ3) is 4.89. The van der Waals surface area contributed by atoms with E-state index in [2.05, 4.69) is 4.72 Å². The Morgan fingerprint density at radius 3 is 2.37 bits per heavy atom. The van der Waals surface area contributed by atoms with Crippen LogP contribution in [-0.4, -0.2) is 50.0 Å². The van der Waals surface area contributed by atoms with Gasteiger partial charge in [0.1, 0.15) is 0 Å². The van der Waals surface area contributed by atoms with Crippen molar-refractivity contribution in [2.45, 2.75) is 25.1 Å². The van der Waals surface area contributed by atoms with Crippen molar-refractivity contribution in [1.29, 1.82) is 0 Å². The van der Waals surface area contributed by atoms with Crippen molar-refractivity contribution in [3.63, 3.8) is 0 Å². The normalized spacial score (nSPS) is 13.7. The molecule has 0 spiro atoms. The lowest BCUT2D eigenvalue weighted by atomic mass is 10.1. The number of aromatic nitrogens is 1. The first-order valence-corrected chi connectivity index (χ1v) is 9.45. The van der Waals surface area contributed by atoms with Crippen molar-refractivity contribution in [1.82, 2.24) is 13.6 Å². The van der Waals surface area contributed by atoms with E-state index in [4.69, 9.17) is 11.6 Å². The van der Waals surface area contributed by atoms with Crippen LogP contribution in [0.4, 0.5) is 22.0 Å². The van der Waals surface area contributed by atoms with Gasteiger partial charge in [0.05, 0.1) is 0 Å². The molecule has 1 heterocycles. The van der Waals surface area contributed by atoms with Crippen molar-refractivity contribution >= 4 is 32.7 Å². The molecule has 2 aromatic rings. The molecule has 0 bridgehead atoms. The first kappa shape index (κ1) is 21.9. The van der Waals surface area contributed by atoms with Crippen LogP contribution >= 0.6 is 11.6 Å².